The first-order valence-electron chi connectivity index (χ1n) is 23.5. The highest BCUT2D eigenvalue weighted by Crippen LogP contribution is 2.52. The fourth-order valence-corrected chi connectivity index (χ4v) is 10.4. The zero-order valence-corrected chi connectivity index (χ0v) is 38.4. The molecule has 0 bridgehead atoms. The van der Waals surface area contributed by atoms with Gasteiger partial charge in [0, 0.05) is 41.0 Å². The van der Waals surface area contributed by atoms with Crippen LogP contribution in [0.3, 0.4) is 0 Å². The quantitative estimate of drug-likeness (QED) is 0.118. The van der Waals surface area contributed by atoms with E-state index in [1.54, 1.807) is 0 Å². The smallest absolute Gasteiger partial charge is 0.269 e. The van der Waals surface area contributed by atoms with Gasteiger partial charge in [-0.25, -0.2) is 9.97 Å². The molecule has 1 aliphatic carbocycles. The minimum atomic E-state index is -0.0838. The average molecular weight is 888 g/mol. The summed E-state index contributed by atoms with van der Waals surface area (Å²) in [5, 5.41) is 3.57. The van der Waals surface area contributed by atoms with Crippen molar-refractivity contribution in [1.82, 2.24) is 19.1 Å². The molecule has 0 atom stereocenters. The van der Waals surface area contributed by atoms with Crippen molar-refractivity contribution in [2.45, 2.75) is 26.2 Å². The Morgan fingerprint density at radius 2 is 1.16 bits per heavy atom. The maximum absolute atomic E-state index is 6.84. The van der Waals surface area contributed by atoms with Crippen molar-refractivity contribution < 1.29 is 9.30 Å². The molecular weight excluding hydrogens is 843 g/mol. The SMILES string of the molecule is CC(C)(C)c1ccnc(-n2c3c(c4ccc(Oc5cc(-n6[c-][n+](-c7c(-c8ccccc8)cccc7-c7ccccc7)c7ccccc76)ccn5)cc42)-c2cccc4cccc(c24)-c2ccccc2-3)c1. The number of hydrogen-bond acceptors (Lipinski definition) is 3. The highest BCUT2D eigenvalue weighted by molar-refractivity contribution is 6.19. The van der Waals surface area contributed by atoms with Crippen LogP contribution in [-0.2, 0) is 5.41 Å². The molecule has 0 saturated carbocycles. The lowest BCUT2D eigenvalue weighted by Gasteiger charge is -2.21. The summed E-state index contributed by atoms with van der Waals surface area (Å²) in [4.78, 5) is 9.90. The summed E-state index contributed by atoms with van der Waals surface area (Å²) in [7, 11) is 0. The second-order valence-corrected chi connectivity index (χ2v) is 18.8. The molecule has 0 saturated heterocycles. The van der Waals surface area contributed by atoms with Crippen LogP contribution in [-0.4, -0.2) is 19.1 Å². The normalized spacial score (nSPS) is 12.0. The first-order valence-corrected chi connectivity index (χ1v) is 23.5. The van der Waals surface area contributed by atoms with Gasteiger partial charge in [0.15, 0.2) is 0 Å². The minimum Gasteiger partial charge on any atom is -0.440 e. The number of aromatic nitrogens is 5. The van der Waals surface area contributed by atoms with E-state index >= 15 is 0 Å². The Labute approximate surface area is 400 Å². The Morgan fingerprint density at radius 3 is 1.91 bits per heavy atom. The predicted molar refractivity (Wildman–Crippen MR) is 280 cm³/mol. The van der Waals surface area contributed by atoms with Gasteiger partial charge in [0.1, 0.15) is 11.6 Å². The standard InChI is InChI=1S/C63H45N5O/c1-63(2,3)44-33-35-64-57(37-44)68-56-39-46(31-32-52(56)60-53-28-15-22-43-21-14-27-50(59(43)53)49-23-10-11-24-51(49)62(60)68)69-58-38-45(34-36-65-58)66-40-67(55-30-13-12-29-54(55)66)61-47(41-17-6-4-7-18-41)25-16-26-48(61)42-19-8-5-9-20-42/h4-39H,1-3H3. The Morgan fingerprint density at radius 1 is 0.522 bits per heavy atom. The summed E-state index contributed by atoms with van der Waals surface area (Å²) in [6, 6.07) is 73.1. The monoisotopic (exact) mass is 887 g/mol. The summed E-state index contributed by atoms with van der Waals surface area (Å²) < 4.78 is 13.5. The van der Waals surface area contributed by atoms with Gasteiger partial charge in [-0.15, -0.1) is 0 Å². The van der Waals surface area contributed by atoms with Crippen LogP contribution >= 0.6 is 0 Å². The fraction of sp³-hybridized carbons (Fsp3) is 0.0635. The van der Waals surface area contributed by atoms with Crippen molar-refractivity contribution in [3.63, 3.8) is 0 Å². The summed E-state index contributed by atoms with van der Waals surface area (Å²) in [6.45, 7) is 6.75. The molecule has 4 heterocycles. The van der Waals surface area contributed by atoms with Gasteiger partial charge < -0.3 is 4.74 Å². The fourth-order valence-electron chi connectivity index (χ4n) is 10.4. The molecule has 0 aliphatic heterocycles. The molecule has 0 fully saturated rings. The van der Waals surface area contributed by atoms with Gasteiger partial charge in [0.2, 0.25) is 5.88 Å². The third-order valence-corrected chi connectivity index (χ3v) is 13.6. The molecule has 13 rings (SSSR count). The molecule has 69 heavy (non-hydrogen) atoms. The highest BCUT2D eigenvalue weighted by Gasteiger charge is 2.30. The highest BCUT2D eigenvalue weighted by atomic mass is 16.5. The lowest BCUT2D eigenvalue weighted by Crippen LogP contribution is -2.31. The number of hydrogen-bond donors (Lipinski definition) is 0. The molecule has 0 amide bonds. The molecular formula is C63H45N5O. The number of fused-ring (bicyclic) bond motifs is 8. The zero-order valence-electron chi connectivity index (χ0n) is 38.4. The van der Waals surface area contributed by atoms with Crippen molar-refractivity contribution in [3.05, 3.63) is 231 Å². The number of imidazole rings is 1. The second kappa shape index (κ2) is 15.9. The van der Waals surface area contributed by atoms with Gasteiger partial charge in [-0.3, -0.25) is 13.7 Å². The van der Waals surface area contributed by atoms with Crippen molar-refractivity contribution in [1.29, 1.82) is 0 Å². The van der Waals surface area contributed by atoms with E-state index in [1.165, 1.54) is 38.6 Å². The van der Waals surface area contributed by atoms with E-state index < -0.39 is 0 Å². The molecule has 0 unspecified atom stereocenters. The van der Waals surface area contributed by atoms with E-state index in [4.69, 9.17) is 14.7 Å². The Hall–Kier alpha value is -8.87. The Balaban J connectivity index is 0.976. The number of nitrogens with zero attached hydrogens (tertiary/aromatic N) is 5. The zero-order chi connectivity index (χ0) is 46.2. The molecule has 6 heteroatoms. The number of rotatable bonds is 7. The molecule has 8 aromatic carbocycles. The van der Waals surface area contributed by atoms with Crippen LogP contribution in [0.2, 0.25) is 0 Å². The Kier molecular flexibility index (Phi) is 9.31. The minimum absolute atomic E-state index is 0.0838. The van der Waals surface area contributed by atoms with Gasteiger partial charge in [0.25, 0.3) is 6.33 Å². The van der Waals surface area contributed by atoms with Crippen molar-refractivity contribution in [3.8, 4) is 84.6 Å². The number of para-hydroxylation sites is 3. The van der Waals surface area contributed by atoms with E-state index in [1.807, 2.05) is 24.5 Å². The van der Waals surface area contributed by atoms with Crippen molar-refractivity contribution in [2.24, 2.45) is 0 Å². The van der Waals surface area contributed by atoms with Gasteiger partial charge >= 0.3 is 0 Å². The van der Waals surface area contributed by atoms with Crippen LogP contribution in [0.5, 0.6) is 11.6 Å². The topological polar surface area (TPSA) is 48.8 Å². The summed E-state index contributed by atoms with van der Waals surface area (Å²) in [5.41, 5.74) is 17.6. The Bertz CT molecular complexity index is 3910. The molecule has 12 aromatic rings. The third kappa shape index (κ3) is 6.67. The van der Waals surface area contributed by atoms with Crippen LogP contribution in [0, 0.1) is 6.33 Å². The third-order valence-electron chi connectivity index (χ3n) is 13.6. The molecule has 0 spiro atoms. The van der Waals surface area contributed by atoms with E-state index in [9.17, 15) is 0 Å². The predicted octanol–water partition coefficient (Wildman–Crippen LogP) is 15.3. The van der Waals surface area contributed by atoms with E-state index in [0.29, 0.717) is 11.6 Å². The first kappa shape index (κ1) is 40.4. The molecule has 1 aliphatic rings. The summed E-state index contributed by atoms with van der Waals surface area (Å²) in [6.07, 6.45) is 7.55. The maximum atomic E-state index is 6.84. The van der Waals surface area contributed by atoms with Crippen molar-refractivity contribution >= 4 is 32.7 Å². The van der Waals surface area contributed by atoms with Crippen LogP contribution in [0.15, 0.2) is 219 Å². The number of ether oxygens (including phenoxy) is 1. The second-order valence-electron chi connectivity index (χ2n) is 18.8. The van der Waals surface area contributed by atoms with Crippen LogP contribution < -0.4 is 9.30 Å². The van der Waals surface area contributed by atoms with Gasteiger partial charge in [-0.05, 0) is 91.0 Å². The largest absolute Gasteiger partial charge is 0.440 e. The number of benzene rings is 8. The lowest BCUT2D eigenvalue weighted by atomic mass is 9.88. The molecule has 328 valence electrons. The average Bonchev–Trinajstić information content (AvgIpc) is 3.91. The van der Waals surface area contributed by atoms with Crippen LogP contribution in [0.25, 0.3) is 106 Å². The molecule has 0 N–H and O–H groups in total. The van der Waals surface area contributed by atoms with Gasteiger partial charge in [-0.2, -0.15) is 0 Å². The van der Waals surface area contributed by atoms with Crippen molar-refractivity contribution in [2.75, 3.05) is 0 Å². The maximum Gasteiger partial charge on any atom is 0.269 e. The molecule has 4 aromatic heterocycles. The van der Waals surface area contributed by atoms with Crippen LogP contribution in [0.1, 0.15) is 26.3 Å². The van der Waals surface area contributed by atoms with E-state index in [0.717, 1.165) is 72.6 Å². The van der Waals surface area contributed by atoms with Crippen LogP contribution in [0.4, 0.5) is 0 Å². The van der Waals surface area contributed by atoms with Gasteiger partial charge in [0.05, 0.1) is 33.6 Å². The lowest BCUT2D eigenvalue weighted by molar-refractivity contribution is -0.571. The number of pyridine rings is 2. The van der Waals surface area contributed by atoms with E-state index in [-0.39, 0.29) is 5.41 Å². The molecule has 6 nitrogen and oxygen atoms in total. The van der Waals surface area contributed by atoms with E-state index in [2.05, 4.69) is 235 Å². The first-order chi connectivity index (χ1) is 33.9. The molecule has 0 radical (unpaired) electrons. The summed E-state index contributed by atoms with van der Waals surface area (Å²) >= 11 is 0. The van der Waals surface area contributed by atoms with Gasteiger partial charge in [-0.1, -0.05) is 185 Å². The summed E-state index contributed by atoms with van der Waals surface area (Å²) in [5.74, 6) is 1.99.